The Balaban J connectivity index is 1.83. The highest BCUT2D eigenvalue weighted by atomic mass is 16.2. The Hall–Kier alpha value is -0.610. The molecule has 2 aliphatic rings. The molecular weight excluding hydrogens is 214 g/mol. The molecule has 0 radical (unpaired) electrons. The average Bonchev–Trinajstić information content (AvgIpc) is 2.71. The Labute approximate surface area is 104 Å². The minimum Gasteiger partial charge on any atom is -0.337 e. The molecule has 0 spiro atoms. The quantitative estimate of drug-likeness (QED) is 0.784. The molecule has 0 bridgehead atoms. The third-order valence-corrected chi connectivity index (χ3v) is 4.09. The fourth-order valence-electron chi connectivity index (χ4n) is 3.02. The summed E-state index contributed by atoms with van der Waals surface area (Å²) >= 11 is 0. The van der Waals surface area contributed by atoms with E-state index in [1.54, 1.807) is 0 Å². The van der Waals surface area contributed by atoms with E-state index < -0.39 is 0 Å². The number of likely N-dealkylation sites (tertiary alicyclic amines) is 2. The maximum Gasteiger partial charge on any atom is 0.240 e. The van der Waals surface area contributed by atoms with Crippen molar-refractivity contribution in [2.75, 3.05) is 33.2 Å². The summed E-state index contributed by atoms with van der Waals surface area (Å²) in [5.74, 6) is 0.289. The summed E-state index contributed by atoms with van der Waals surface area (Å²) in [6.07, 6.45) is 4.97. The zero-order valence-electron chi connectivity index (χ0n) is 11.1. The predicted octanol–water partition coefficient (Wildman–Crippen LogP) is 0.681. The molecule has 2 aliphatic heterocycles. The van der Waals surface area contributed by atoms with Crippen LogP contribution in [-0.4, -0.2) is 61.0 Å². The lowest BCUT2D eigenvalue weighted by molar-refractivity contribution is -0.131. The van der Waals surface area contributed by atoms with E-state index in [9.17, 15) is 4.79 Å². The van der Waals surface area contributed by atoms with E-state index in [4.69, 9.17) is 0 Å². The maximum atomic E-state index is 12.1. The normalized spacial score (nSPS) is 28.7. The fraction of sp³-hybridized carbons (Fsp3) is 0.923. The van der Waals surface area contributed by atoms with Crippen molar-refractivity contribution in [1.82, 2.24) is 15.1 Å². The zero-order chi connectivity index (χ0) is 12.3. The molecule has 1 N–H and O–H groups in total. The lowest BCUT2D eigenvalue weighted by Crippen LogP contribution is -2.46. The van der Waals surface area contributed by atoms with Crippen LogP contribution < -0.4 is 5.32 Å². The maximum absolute atomic E-state index is 12.1. The summed E-state index contributed by atoms with van der Waals surface area (Å²) in [6.45, 7) is 6.57. The molecule has 98 valence electrons. The highest BCUT2D eigenvalue weighted by molar-refractivity contribution is 5.84. The number of carbonyl (C=O) groups excluding carboxylic acids is 1. The molecule has 0 saturated carbocycles. The standard InChI is InChI=1S/C13H25N3O/c1-11(10-15-7-4-3-5-8-15)16-9-6-12(14-2)13(16)17/h11-12,14H,3-10H2,1-2H3. The molecule has 2 unspecified atom stereocenters. The lowest BCUT2D eigenvalue weighted by atomic mass is 10.1. The van der Waals surface area contributed by atoms with E-state index >= 15 is 0 Å². The van der Waals surface area contributed by atoms with Gasteiger partial charge in [0.25, 0.3) is 0 Å². The van der Waals surface area contributed by atoms with Gasteiger partial charge in [0, 0.05) is 19.1 Å². The van der Waals surface area contributed by atoms with Crippen molar-refractivity contribution in [2.24, 2.45) is 0 Å². The van der Waals surface area contributed by atoms with Crippen LogP contribution in [0.3, 0.4) is 0 Å². The number of nitrogens with zero attached hydrogens (tertiary/aromatic N) is 2. The van der Waals surface area contributed by atoms with Crippen LogP contribution in [0.2, 0.25) is 0 Å². The molecule has 4 nitrogen and oxygen atoms in total. The number of hydrogen-bond acceptors (Lipinski definition) is 3. The van der Waals surface area contributed by atoms with E-state index in [2.05, 4.69) is 22.0 Å². The minimum atomic E-state index is 0.0544. The van der Waals surface area contributed by atoms with Gasteiger partial charge in [0.05, 0.1) is 6.04 Å². The Kier molecular flexibility index (Phi) is 4.40. The van der Waals surface area contributed by atoms with Gasteiger partial charge in [-0.2, -0.15) is 0 Å². The molecule has 4 heteroatoms. The van der Waals surface area contributed by atoms with Gasteiger partial charge < -0.3 is 15.1 Å². The Morgan fingerprint density at radius 3 is 2.59 bits per heavy atom. The molecule has 0 aromatic rings. The molecule has 1 amide bonds. The molecular formula is C13H25N3O. The second-order valence-corrected chi connectivity index (χ2v) is 5.37. The van der Waals surface area contributed by atoms with Crippen LogP contribution in [0.4, 0.5) is 0 Å². The zero-order valence-corrected chi connectivity index (χ0v) is 11.1. The van der Waals surface area contributed by atoms with E-state index in [-0.39, 0.29) is 11.9 Å². The second-order valence-electron chi connectivity index (χ2n) is 5.37. The van der Waals surface area contributed by atoms with Gasteiger partial charge in [0.1, 0.15) is 0 Å². The monoisotopic (exact) mass is 239 g/mol. The number of likely N-dealkylation sites (N-methyl/N-ethyl adjacent to an activating group) is 1. The molecule has 2 saturated heterocycles. The first-order valence-corrected chi connectivity index (χ1v) is 6.92. The van der Waals surface area contributed by atoms with Crippen LogP contribution in [0, 0.1) is 0 Å². The highest BCUT2D eigenvalue weighted by Crippen LogP contribution is 2.16. The topological polar surface area (TPSA) is 35.6 Å². The molecule has 2 heterocycles. The third-order valence-electron chi connectivity index (χ3n) is 4.09. The molecule has 2 fully saturated rings. The van der Waals surface area contributed by atoms with Crippen molar-refractivity contribution in [3.05, 3.63) is 0 Å². The van der Waals surface area contributed by atoms with Gasteiger partial charge in [-0.15, -0.1) is 0 Å². The summed E-state index contributed by atoms with van der Waals surface area (Å²) in [5, 5.41) is 3.10. The van der Waals surface area contributed by atoms with Gasteiger partial charge in [-0.1, -0.05) is 6.42 Å². The summed E-state index contributed by atoms with van der Waals surface area (Å²) < 4.78 is 0. The smallest absolute Gasteiger partial charge is 0.240 e. The number of hydrogen-bond donors (Lipinski definition) is 1. The van der Waals surface area contributed by atoms with Crippen molar-refractivity contribution < 1.29 is 4.79 Å². The molecule has 0 aromatic carbocycles. The molecule has 2 rings (SSSR count). The lowest BCUT2D eigenvalue weighted by Gasteiger charge is -2.33. The Bertz CT molecular complexity index is 263. The molecule has 0 aliphatic carbocycles. The van der Waals surface area contributed by atoms with Gasteiger partial charge in [-0.3, -0.25) is 4.79 Å². The first-order valence-electron chi connectivity index (χ1n) is 6.92. The first-order chi connectivity index (χ1) is 8.22. The molecule has 0 aromatic heterocycles. The SMILES string of the molecule is CNC1CCN(C(C)CN2CCCCC2)C1=O. The van der Waals surface area contributed by atoms with Gasteiger partial charge >= 0.3 is 0 Å². The van der Waals surface area contributed by atoms with Crippen LogP contribution in [0.1, 0.15) is 32.6 Å². The van der Waals surface area contributed by atoms with Crippen LogP contribution in [0.5, 0.6) is 0 Å². The number of carbonyl (C=O) groups is 1. The third kappa shape index (κ3) is 2.99. The number of rotatable bonds is 4. The van der Waals surface area contributed by atoms with E-state index in [1.165, 1.54) is 32.4 Å². The largest absolute Gasteiger partial charge is 0.337 e. The minimum absolute atomic E-state index is 0.0544. The van der Waals surface area contributed by atoms with Crippen molar-refractivity contribution in [3.8, 4) is 0 Å². The first kappa shape index (κ1) is 12.8. The van der Waals surface area contributed by atoms with Crippen LogP contribution >= 0.6 is 0 Å². The fourth-order valence-corrected chi connectivity index (χ4v) is 3.02. The van der Waals surface area contributed by atoms with Gasteiger partial charge in [-0.05, 0) is 46.3 Å². The highest BCUT2D eigenvalue weighted by Gasteiger charge is 2.33. The predicted molar refractivity (Wildman–Crippen MR) is 68.9 cm³/mol. The Morgan fingerprint density at radius 1 is 1.29 bits per heavy atom. The number of amides is 1. The molecule has 2 atom stereocenters. The van der Waals surface area contributed by atoms with E-state index in [0.29, 0.717) is 6.04 Å². The number of piperidine rings is 1. The summed E-state index contributed by atoms with van der Waals surface area (Å²) in [5.41, 5.74) is 0. The summed E-state index contributed by atoms with van der Waals surface area (Å²) in [7, 11) is 1.88. The van der Waals surface area contributed by atoms with E-state index in [1.807, 2.05) is 7.05 Å². The Morgan fingerprint density at radius 2 is 2.00 bits per heavy atom. The van der Waals surface area contributed by atoms with Gasteiger partial charge in [0.15, 0.2) is 0 Å². The van der Waals surface area contributed by atoms with Crippen molar-refractivity contribution in [1.29, 1.82) is 0 Å². The van der Waals surface area contributed by atoms with Crippen LogP contribution in [0.15, 0.2) is 0 Å². The number of nitrogens with one attached hydrogen (secondary N) is 1. The van der Waals surface area contributed by atoms with Crippen LogP contribution in [0.25, 0.3) is 0 Å². The van der Waals surface area contributed by atoms with E-state index in [0.717, 1.165) is 19.5 Å². The average molecular weight is 239 g/mol. The summed E-state index contributed by atoms with van der Waals surface area (Å²) in [6, 6.07) is 0.415. The summed E-state index contributed by atoms with van der Waals surface area (Å²) in [4.78, 5) is 16.6. The van der Waals surface area contributed by atoms with Gasteiger partial charge in [-0.25, -0.2) is 0 Å². The second kappa shape index (κ2) is 5.83. The molecule has 17 heavy (non-hydrogen) atoms. The van der Waals surface area contributed by atoms with Crippen LogP contribution in [-0.2, 0) is 4.79 Å². The van der Waals surface area contributed by atoms with Crippen molar-refractivity contribution in [3.63, 3.8) is 0 Å². The van der Waals surface area contributed by atoms with Gasteiger partial charge in [0.2, 0.25) is 5.91 Å². The van der Waals surface area contributed by atoms with Crippen molar-refractivity contribution >= 4 is 5.91 Å². The van der Waals surface area contributed by atoms with Crippen molar-refractivity contribution in [2.45, 2.75) is 44.7 Å².